The molecule has 0 bridgehead atoms. The van der Waals surface area contributed by atoms with Gasteiger partial charge in [-0.25, -0.2) is 9.97 Å². The zero-order valence-corrected chi connectivity index (χ0v) is 16.2. The van der Waals surface area contributed by atoms with Crippen molar-refractivity contribution in [2.24, 2.45) is 0 Å². The van der Waals surface area contributed by atoms with Gasteiger partial charge >= 0.3 is 0 Å². The number of aryl methyl sites for hydroxylation is 1. The van der Waals surface area contributed by atoms with Gasteiger partial charge in [0.05, 0.1) is 24.8 Å². The van der Waals surface area contributed by atoms with Crippen molar-refractivity contribution in [2.75, 3.05) is 38.2 Å². The van der Waals surface area contributed by atoms with Gasteiger partial charge in [0, 0.05) is 29.5 Å². The molecule has 2 aromatic heterocycles. The number of benzene rings is 1. The Morgan fingerprint density at radius 1 is 1.19 bits per heavy atom. The van der Waals surface area contributed by atoms with Crippen molar-refractivity contribution in [3.05, 3.63) is 52.7 Å². The highest BCUT2D eigenvalue weighted by atomic mass is 79.9. The van der Waals surface area contributed by atoms with E-state index in [9.17, 15) is 0 Å². The number of aromatic nitrogens is 2. The van der Waals surface area contributed by atoms with Crippen LogP contribution in [0.5, 0.6) is 0 Å². The molecule has 1 atom stereocenters. The summed E-state index contributed by atoms with van der Waals surface area (Å²) in [5.41, 5.74) is 0.919. The van der Waals surface area contributed by atoms with Gasteiger partial charge in [0.25, 0.3) is 0 Å². The van der Waals surface area contributed by atoms with E-state index in [0.29, 0.717) is 6.54 Å². The van der Waals surface area contributed by atoms with E-state index in [0.717, 1.165) is 59.0 Å². The quantitative estimate of drug-likeness (QED) is 0.682. The van der Waals surface area contributed by atoms with Gasteiger partial charge in [0.2, 0.25) is 0 Å². The predicted molar refractivity (Wildman–Crippen MR) is 104 cm³/mol. The molecule has 1 unspecified atom stereocenters. The average molecular weight is 417 g/mol. The fourth-order valence-electron chi connectivity index (χ4n) is 3.29. The van der Waals surface area contributed by atoms with Gasteiger partial charge < -0.3 is 14.5 Å². The summed E-state index contributed by atoms with van der Waals surface area (Å²) >= 11 is 3.53. The lowest BCUT2D eigenvalue weighted by atomic mass is 10.1. The third-order valence-electron chi connectivity index (χ3n) is 4.64. The lowest BCUT2D eigenvalue weighted by Gasteiger charge is -2.33. The lowest BCUT2D eigenvalue weighted by molar-refractivity contribution is 0.0143. The first-order valence-electron chi connectivity index (χ1n) is 8.73. The molecule has 3 heterocycles. The first kappa shape index (κ1) is 17.5. The third kappa shape index (κ3) is 3.75. The average Bonchev–Trinajstić information content (AvgIpc) is 3.09. The molecule has 0 saturated carbocycles. The van der Waals surface area contributed by atoms with E-state index in [-0.39, 0.29) is 6.04 Å². The molecule has 4 rings (SSSR count). The van der Waals surface area contributed by atoms with E-state index >= 15 is 0 Å². The number of nitrogens with one attached hydrogen (secondary N) is 1. The maximum Gasteiger partial charge on any atom is 0.137 e. The molecule has 7 heteroatoms. The molecular formula is C19H21BrN4O2. The van der Waals surface area contributed by atoms with Crippen LogP contribution in [0.2, 0.25) is 0 Å². The molecule has 0 aliphatic carbocycles. The van der Waals surface area contributed by atoms with E-state index in [2.05, 4.69) is 42.2 Å². The van der Waals surface area contributed by atoms with Gasteiger partial charge in [-0.2, -0.15) is 0 Å². The normalized spacial score (nSPS) is 16.7. The molecular weight excluding hydrogens is 396 g/mol. The minimum Gasteiger partial charge on any atom is -0.465 e. The van der Waals surface area contributed by atoms with Gasteiger partial charge in [-0.1, -0.05) is 15.9 Å². The maximum absolute atomic E-state index is 5.93. The number of nitrogens with zero attached hydrogens (tertiary/aromatic N) is 3. The number of halogens is 1. The molecule has 136 valence electrons. The highest BCUT2D eigenvalue weighted by Crippen LogP contribution is 2.27. The Labute approximate surface area is 160 Å². The molecule has 0 amide bonds. The van der Waals surface area contributed by atoms with E-state index in [1.54, 1.807) is 6.33 Å². The number of hydrogen-bond donors (Lipinski definition) is 1. The molecule has 1 aromatic carbocycles. The summed E-state index contributed by atoms with van der Waals surface area (Å²) in [7, 11) is 0. The summed E-state index contributed by atoms with van der Waals surface area (Å²) in [6.07, 6.45) is 1.60. The molecule has 0 radical (unpaired) electrons. The fraction of sp³-hybridized carbons (Fsp3) is 0.368. The van der Waals surface area contributed by atoms with Crippen molar-refractivity contribution in [1.29, 1.82) is 0 Å². The molecule has 0 spiro atoms. The first-order chi connectivity index (χ1) is 12.7. The van der Waals surface area contributed by atoms with Crippen LogP contribution < -0.4 is 5.32 Å². The summed E-state index contributed by atoms with van der Waals surface area (Å²) in [4.78, 5) is 11.2. The van der Waals surface area contributed by atoms with Crippen molar-refractivity contribution in [3.8, 4) is 0 Å². The number of hydrogen-bond acceptors (Lipinski definition) is 6. The van der Waals surface area contributed by atoms with E-state index in [1.165, 1.54) is 0 Å². The summed E-state index contributed by atoms with van der Waals surface area (Å²) in [5, 5.41) is 4.50. The number of furan rings is 1. The van der Waals surface area contributed by atoms with Crippen LogP contribution in [0.15, 0.2) is 45.5 Å². The Morgan fingerprint density at radius 2 is 2.04 bits per heavy atom. The van der Waals surface area contributed by atoms with Crippen LogP contribution in [0.4, 0.5) is 5.82 Å². The standard InChI is InChI=1S/C19H21BrN4O2/c1-13-2-5-18(26-13)17(24-6-8-25-9-7-24)11-21-19-15-10-14(20)3-4-16(15)22-12-23-19/h2-5,10,12,17H,6-9,11H2,1H3,(H,21,22,23). The molecule has 26 heavy (non-hydrogen) atoms. The third-order valence-corrected chi connectivity index (χ3v) is 5.13. The zero-order valence-electron chi connectivity index (χ0n) is 14.6. The Kier molecular flexibility index (Phi) is 5.19. The van der Waals surface area contributed by atoms with Gasteiger partial charge in [0.1, 0.15) is 23.7 Å². The second-order valence-corrected chi connectivity index (χ2v) is 7.29. The number of rotatable bonds is 5. The monoisotopic (exact) mass is 416 g/mol. The SMILES string of the molecule is Cc1ccc(C(CNc2ncnc3ccc(Br)cc23)N2CCOCC2)o1. The van der Waals surface area contributed by atoms with Crippen molar-refractivity contribution in [1.82, 2.24) is 14.9 Å². The number of anilines is 1. The molecule has 1 N–H and O–H groups in total. The number of morpholine rings is 1. The van der Waals surface area contributed by atoms with Crippen LogP contribution in [-0.4, -0.2) is 47.7 Å². The van der Waals surface area contributed by atoms with E-state index < -0.39 is 0 Å². The summed E-state index contributed by atoms with van der Waals surface area (Å²) in [6, 6.07) is 10.2. The van der Waals surface area contributed by atoms with Crippen molar-refractivity contribution < 1.29 is 9.15 Å². The smallest absolute Gasteiger partial charge is 0.137 e. The van der Waals surface area contributed by atoms with Crippen LogP contribution in [-0.2, 0) is 4.74 Å². The Hall–Kier alpha value is -1.96. The van der Waals surface area contributed by atoms with Crippen molar-refractivity contribution in [2.45, 2.75) is 13.0 Å². The molecule has 6 nitrogen and oxygen atoms in total. The second kappa shape index (κ2) is 7.73. The largest absolute Gasteiger partial charge is 0.465 e. The van der Waals surface area contributed by atoms with E-state index in [1.807, 2.05) is 31.2 Å². The minimum absolute atomic E-state index is 0.129. The van der Waals surface area contributed by atoms with Crippen molar-refractivity contribution in [3.63, 3.8) is 0 Å². The Morgan fingerprint density at radius 3 is 2.81 bits per heavy atom. The first-order valence-corrected chi connectivity index (χ1v) is 9.52. The Balaban J connectivity index is 1.59. The minimum atomic E-state index is 0.129. The number of ether oxygens (including phenoxy) is 1. The maximum atomic E-state index is 5.93. The lowest BCUT2D eigenvalue weighted by Crippen LogP contribution is -2.41. The molecule has 1 fully saturated rings. The predicted octanol–water partition coefficient (Wildman–Crippen LogP) is 3.78. The fourth-order valence-corrected chi connectivity index (χ4v) is 3.66. The molecule has 1 aliphatic rings. The van der Waals surface area contributed by atoms with Gasteiger partial charge in [0.15, 0.2) is 0 Å². The highest BCUT2D eigenvalue weighted by molar-refractivity contribution is 9.10. The van der Waals surface area contributed by atoms with Gasteiger partial charge in [-0.05, 0) is 37.3 Å². The zero-order chi connectivity index (χ0) is 17.9. The number of fused-ring (bicyclic) bond motifs is 1. The van der Waals surface area contributed by atoms with E-state index in [4.69, 9.17) is 9.15 Å². The van der Waals surface area contributed by atoms with Crippen LogP contribution in [0, 0.1) is 6.92 Å². The summed E-state index contributed by atoms with van der Waals surface area (Å²) < 4.78 is 12.4. The highest BCUT2D eigenvalue weighted by Gasteiger charge is 2.25. The summed E-state index contributed by atoms with van der Waals surface area (Å²) in [5.74, 6) is 2.73. The molecule has 3 aromatic rings. The van der Waals surface area contributed by atoms with Gasteiger partial charge in [-0.15, -0.1) is 0 Å². The van der Waals surface area contributed by atoms with Crippen molar-refractivity contribution >= 4 is 32.7 Å². The Bertz CT molecular complexity index is 892. The second-order valence-electron chi connectivity index (χ2n) is 6.38. The van der Waals surface area contributed by atoms with Gasteiger partial charge in [-0.3, -0.25) is 4.90 Å². The topological polar surface area (TPSA) is 63.4 Å². The van der Waals surface area contributed by atoms with Crippen LogP contribution in [0.3, 0.4) is 0 Å². The molecule has 1 saturated heterocycles. The molecule has 1 aliphatic heterocycles. The van der Waals surface area contributed by atoms with Crippen LogP contribution in [0.1, 0.15) is 17.6 Å². The van der Waals surface area contributed by atoms with Crippen LogP contribution >= 0.6 is 15.9 Å². The van der Waals surface area contributed by atoms with Crippen LogP contribution in [0.25, 0.3) is 10.9 Å². The summed E-state index contributed by atoms with van der Waals surface area (Å²) in [6.45, 7) is 5.96.